The van der Waals surface area contributed by atoms with E-state index in [-0.39, 0.29) is 5.82 Å². The molecule has 0 spiro atoms. The summed E-state index contributed by atoms with van der Waals surface area (Å²) in [5, 5.41) is 0. The van der Waals surface area contributed by atoms with Crippen molar-refractivity contribution in [1.82, 2.24) is 15.0 Å². The molecule has 0 atom stereocenters. The first kappa shape index (κ1) is 14.9. The van der Waals surface area contributed by atoms with E-state index in [1.165, 1.54) is 6.07 Å². The lowest BCUT2D eigenvalue weighted by Crippen LogP contribution is -2.11. The molecule has 3 aromatic rings. The number of benzene rings is 1. The summed E-state index contributed by atoms with van der Waals surface area (Å²) >= 11 is 0. The molecule has 0 saturated carbocycles. The predicted octanol–water partition coefficient (Wildman–Crippen LogP) is 4.53. The predicted molar refractivity (Wildman–Crippen MR) is 92.0 cm³/mol. The minimum Gasteiger partial charge on any atom is -0.250 e. The number of hydrogen-bond donors (Lipinski definition) is 0. The highest BCUT2D eigenvalue weighted by molar-refractivity contribution is 5.67. The summed E-state index contributed by atoms with van der Waals surface area (Å²) < 4.78 is 14.4. The van der Waals surface area contributed by atoms with E-state index in [2.05, 4.69) is 4.98 Å². The zero-order valence-corrected chi connectivity index (χ0v) is 13.6. The standard InChI is InChI=1S/C20H18FN3/c1-13-7-6-12-18(22-13)20-23-17-11-5-3-9-15(17)19(24-20)14-8-2-4-10-16(14)21/h2,4,6-8,10,12H,3,5,9,11H2,1H3. The van der Waals surface area contributed by atoms with Gasteiger partial charge in [-0.3, -0.25) is 0 Å². The third-order valence-corrected chi connectivity index (χ3v) is 4.43. The largest absolute Gasteiger partial charge is 0.250 e. The lowest BCUT2D eigenvalue weighted by Gasteiger charge is -2.19. The Kier molecular flexibility index (Phi) is 3.81. The van der Waals surface area contributed by atoms with Crippen molar-refractivity contribution in [3.63, 3.8) is 0 Å². The smallest absolute Gasteiger partial charge is 0.178 e. The van der Waals surface area contributed by atoms with Gasteiger partial charge in [-0.25, -0.2) is 19.3 Å². The van der Waals surface area contributed by atoms with Gasteiger partial charge in [-0.1, -0.05) is 18.2 Å². The van der Waals surface area contributed by atoms with Crippen molar-refractivity contribution in [2.24, 2.45) is 0 Å². The van der Waals surface area contributed by atoms with Gasteiger partial charge in [-0.2, -0.15) is 0 Å². The Bertz CT molecular complexity index is 905. The number of aromatic nitrogens is 3. The quantitative estimate of drug-likeness (QED) is 0.696. The fourth-order valence-corrected chi connectivity index (χ4v) is 3.25. The van der Waals surface area contributed by atoms with Crippen molar-refractivity contribution in [3.8, 4) is 22.8 Å². The van der Waals surface area contributed by atoms with Crippen LogP contribution in [0.4, 0.5) is 4.39 Å². The summed E-state index contributed by atoms with van der Waals surface area (Å²) in [6, 6.07) is 12.6. The first-order valence-electron chi connectivity index (χ1n) is 8.31. The Morgan fingerprint density at radius 3 is 2.54 bits per heavy atom. The van der Waals surface area contributed by atoms with Gasteiger partial charge in [0.25, 0.3) is 0 Å². The number of hydrogen-bond acceptors (Lipinski definition) is 3. The van der Waals surface area contributed by atoms with Crippen molar-refractivity contribution >= 4 is 0 Å². The zero-order valence-electron chi connectivity index (χ0n) is 13.6. The van der Waals surface area contributed by atoms with E-state index in [9.17, 15) is 4.39 Å². The van der Waals surface area contributed by atoms with Crippen LogP contribution in [0.5, 0.6) is 0 Å². The van der Waals surface area contributed by atoms with Crippen LogP contribution < -0.4 is 0 Å². The molecule has 0 radical (unpaired) electrons. The van der Waals surface area contributed by atoms with Crippen LogP contribution in [0.3, 0.4) is 0 Å². The second kappa shape index (κ2) is 6.11. The maximum Gasteiger partial charge on any atom is 0.178 e. The number of aryl methyl sites for hydroxylation is 2. The number of pyridine rings is 1. The molecule has 0 fully saturated rings. The third kappa shape index (κ3) is 2.68. The lowest BCUT2D eigenvalue weighted by molar-refractivity contribution is 0.628. The summed E-state index contributed by atoms with van der Waals surface area (Å²) in [6.45, 7) is 1.94. The van der Waals surface area contributed by atoms with Gasteiger partial charge < -0.3 is 0 Å². The van der Waals surface area contributed by atoms with E-state index in [1.807, 2.05) is 31.2 Å². The van der Waals surface area contributed by atoms with Gasteiger partial charge in [-0.05, 0) is 56.9 Å². The van der Waals surface area contributed by atoms with E-state index >= 15 is 0 Å². The molecule has 4 rings (SSSR count). The van der Waals surface area contributed by atoms with Gasteiger partial charge in [0, 0.05) is 22.5 Å². The van der Waals surface area contributed by atoms with E-state index in [4.69, 9.17) is 9.97 Å². The molecule has 0 unspecified atom stereocenters. The van der Waals surface area contributed by atoms with Crippen LogP contribution in [-0.2, 0) is 12.8 Å². The molecule has 2 heterocycles. The van der Waals surface area contributed by atoms with Gasteiger partial charge in [0.1, 0.15) is 11.5 Å². The molecule has 0 aliphatic heterocycles. The van der Waals surface area contributed by atoms with E-state index in [0.29, 0.717) is 11.4 Å². The SMILES string of the molecule is Cc1cccc(-c2nc3c(c(-c4ccccc4F)n2)CCCC3)n1. The highest BCUT2D eigenvalue weighted by atomic mass is 19.1. The molecule has 4 heteroatoms. The monoisotopic (exact) mass is 319 g/mol. The minimum absolute atomic E-state index is 0.243. The van der Waals surface area contributed by atoms with E-state index < -0.39 is 0 Å². The molecule has 0 amide bonds. The Labute approximate surface area is 140 Å². The molecular weight excluding hydrogens is 301 g/mol. The molecule has 3 nitrogen and oxygen atoms in total. The average molecular weight is 319 g/mol. The van der Waals surface area contributed by atoms with Crippen LogP contribution in [0.25, 0.3) is 22.8 Å². The normalized spacial score (nSPS) is 13.6. The van der Waals surface area contributed by atoms with Crippen molar-refractivity contribution in [2.75, 3.05) is 0 Å². The molecule has 24 heavy (non-hydrogen) atoms. The van der Waals surface area contributed by atoms with E-state index in [1.54, 1.807) is 12.1 Å². The first-order chi connectivity index (χ1) is 11.7. The molecule has 1 aromatic carbocycles. The number of fused-ring (bicyclic) bond motifs is 1. The summed E-state index contributed by atoms with van der Waals surface area (Å²) in [7, 11) is 0. The molecule has 0 N–H and O–H groups in total. The molecule has 1 aliphatic rings. The summed E-state index contributed by atoms with van der Waals surface area (Å²) in [6.07, 6.45) is 4.03. The number of halogens is 1. The number of rotatable bonds is 2. The lowest BCUT2D eigenvalue weighted by atomic mass is 9.92. The molecule has 0 saturated heterocycles. The Morgan fingerprint density at radius 1 is 0.875 bits per heavy atom. The van der Waals surface area contributed by atoms with Crippen molar-refractivity contribution in [2.45, 2.75) is 32.6 Å². The van der Waals surface area contributed by atoms with Gasteiger partial charge in [0.15, 0.2) is 5.82 Å². The second-order valence-electron chi connectivity index (χ2n) is 6.17. The molecule has 120 valence electrons. The van der Waals surface area contributed by atoms with Crippen LogP contribution in [0.15, 0.2) is 42.5 Å². The Morgan fingerprint density at radius 2 is 1.71 bits per heavy atom. The van der Waals surface area contributed by atoms with Crippen LogP contribution in [0.2, 0.25) is 0 Å². The van der Waals surface area contributed by atoms with Gasteiger partial charge in [0.05, 0.1) is 5.69 Å². The fourth-order valence-electron chi connectivity index (χ4n) is 3.25. The molecule has 0 bridgehead atoms. The summed E-state index contributed by atoms with van der Waals surface area (Å²) in [4.78, 5) is 14.0. The Balaban J connectivity index is 1.95. The second-order valence-corrected chi connectivity index (χ2v) is 6.17. The maximum atomic E-state index is 14.4. The minimum atomic E-state index is -0.243. The zero-order chi connectivity index (χ0) is 16.5. The highest BCUT2D eigenvalue weighted by Crippen LogP contribution is 2.32. The highest BCUT2D eigenvalue weighted by Gasteiger charge is 2.21. The van der Waals surface area contributed by atoms with Crippen molar-refractivity contribution in [3.05, 3.63) is 65.2 Å². The van der Waals surface area contributed by atoms with Crippen LogP contribution in [-0.4, -0.2) is 15.0 Å². The van der Waals surface area contributed by atoms with Crippen LogP contribution >= 0.6 is 0 Å². The third-order valence-electron chi connectivity index (χ3n) is 4.43. The van der Waals surface area contributed by atoms with Crippen LogP contribution in [0, 0.1) is 12.7 Å². The topological polar surface area (TPSA) is 38.7 Å². The number of nitrogens with zero attached hydrogens (tertiary/aromatic N) is 3. The van der Waals surface area contributed by atoms with Crippen molar-refractivity contribution < 1.29 is 4.39 Å². The first-order valence-corrected chi connectivity index (χ1v) is 8.31. The van der Waals surface area contributed by atoms with Crippen LogP contribution in [0.1, 0.15) is 29.8 Å². The van der Waals surface area contributed by atoms with Gasteiger partial charge in [-0.15, -0.1) is 0 Å². The van der Waals surface area contributed by atoms with Crippen molar-refractivity contribution in [1.29, 1.82) is 0 Å². The molecular formula is C20H18FN3. The molecule has 2 aromatic heterocycles. The Hall–Kier alpha value is -2.62. The van der Waals surface area contributed by atoms with E-state index in [0.717, 1.165) is 54.0 Å². The average Bonchev–Trinajstić information content (AvgIpc) is 2.61. The summed E-state index contributed by atoms with van der Waals surface area (Å²) in [5.74, 6) is 0.338. The molecule has 1 aliphatic carbocycles. The fraction of sp³-hybridized carbons (Fsp3) is 0.250. The summed E-state index contributed by atoms with van der Waals surface area (Å²) in [5.41, 5.74) is 5.04. The van der Waals surface area contributed by atoms with Gasteiger partial charge >= 0.3 is 0 Å². The maximum absolute atomic E-state index is 14.4. The van der Waals surface area contributed by atoms with Gasteiger partial charge in [0.2, 0.25) is 0 Å².